The molecular weight excluding hydrogens is 328 g/mol. The first kappa shape index (κ1) is 14.8. The van der Waals surface area contributed by atoms with Crippen LogP contribution in [-0.4, -0.2) is 24.5 Å². The monoisotopic (exact) mass is 348 g/mol. The Hall–Kier alpha value is -1.10. The molecule has 1 atom stereocenters. The van der Waals surface area contributed by atoms with Crippen LogP contribution in [0.1, 0.15) is 18.6 Å². The van der Waals surface area contributed by atoms with Gasteiger partial charge in [-0.25, -0.2) is 0 Å². The van der Waals surface area contributed by atoms with Gasteiger partial charge < -0.3 is 10.2 Å². The van der Waals surface area contributed by atoms with Gasteiger partial charge in [0.15, 0.2) is 0 Å². The molecule has 3 nitrogen and oxygen atoms in total. The van der Waals surface area contributed by atoms with Gasteiger partial charge >= 0.3 is 0 Å². The lowest BCUT2D eigenvalue weighted by molar-refractivity contribution is 0.161. The maximum absolute atomic E-state index is 5.99. The molecule has 1 aliphatic rings. The van der Waals surface area contributed by atoms with E-state index in [1.54, 1.807) is 0 Å². The predicted molar refractivity (Wildman–Crippen MR) is 88.9 cm³/mol. The number of nitrogens with two attached hydrogens (primary N) is 1. The molecule has 1 aromatic heterocycles. The molecule has 0 amide bonds. The van der Waals surface area contributed by atoms with Crippen LogP contribution in [-0.2, 0) is 6.54 Å². The number of nitrogens with zero attached hydrogens (tertiary/aromatic N) is 1. The first-order valence-corrected chi connectivity index (χ1v) is 8.31. The average molecular weight is 349 g/mol. The van der Waals surface area contributed by atoms with Gasteiger partial charge in [-0.1, -0.05) is 28.1 Å². The Labute approximate surface area is 134 Å². The van der Waals surface area contributed by atoms with Crippen LogP contribution in [0.15, 0.2) is 45.3 Å². The second-order valence-electron chi connectivity index (χ2n) is 5.75. The molecule has 0 radical (unpaired) electrons. The summed E-state index contributed by atoms with van der Waals surface area (Å²) in [6, 6.07) is 12.4. The Balaban J connectivity index is 1.66. The van der Waals surface area contributed by atoms with Crippen LogP contribution in [0.2, 0.25) is 0 Å². The number of rotatable bonds is 4. The maximum Gasteiger partial charge on any atom is 0.134 e. The zero-order valence-corrected chi connectivity index (χ0v) is 13.7. The molecular formula is C17H21BrN2O. The zero-order chi connectivity index (χ0) is 14.7. The summed E-state index contributed by atoms with van der Waals surface area (Å²) in [6.45, 7) is 3.90. The minimum absolute atomic E-state index is 0.639. The number of piperidine rings is 1. The summed E-state index contributed by atoms with van der Waals surface area (Å²) < 4.78 is 7.08. The number of hydrogen-bond acceptors (Lipinski definition) is 3. The van der Waals surface area contributed by atoms with Crippen molar-refractivity contribution in [3.05, 3.63) is 46.6 Å². The highest BCUT2D eigenvalue weighted by Crippen LogP contribution is 2.25. The fourth-order valence-electron chi connectivity index (χ4n) is 2.94. The molecule has 3 rings (SSSR count). The van der Waals surface area contributed by atoms with Gasteiger partial charge in [0.25, 0.3) is 0 Å². The third-order valence-corrected chi connectivity index (χ3v) is 4.63. The average Bonchev–Trinajstić information content (AvgIpc) is 2.96. The molecule has 0 saturated carbocycles. The number of hydrogen-bond donors (Lipinski definition) is 1. The summed E-state index contributed by atoms with van der Waals surface area (Å²) in [7, 11) is 0. The van der Waals surface area contributed by atoms with Gasteiger partial charge in [0.1, 0.15) is 11.5 Å². The Morgan fingerprint density at radius 3 is 2.76 bits per heavy atom. The fourth-order valence-corrected chi connectivity index (χ4v) is 3.20. The Morgan fingerprint density at radius 1 is 1.19 bits per heavy atom. The van der Waals surface area contributed by atoms with Crippen molar-refractivity contribution in [3.63, 3.8) is 0 Å². The molecule has 4 heteroatoms. The topological polar surface area (TPSA) is 42.4 Å². The van der Waals surface area contributed by atoms with E-state index in [1.807, 2.05) is 12.1 Å². The molecule has 1 aliphatic heterocycles. The van der Waals surface area contributed by atoms with Gasteiger partial charge in [0.05, 0.1) is 6.54 Å². The molecule has 0 spiro atoms. The summed E-state index contributed by atoms with van der Waals surface area (Å²) in [5.74, 6) is 2.61. The van der Waals surface area contributed by atoms with E-state index in [4.69, 9.17) is 10.2 Å². The van der Waals surface area contributed by atoms with Crippen LogP contribution in [0.5, 0.6) is 0 Å². The third-order valence-electron chi connectivity index (χ3n) is 4.11. The van der Waals surface area contributed by atoms with Crippen molar-refractivity contribution >= 4 is 15.9 Å². The molecule has 2 heterocycles. The third kappa shape index (κ3) is 3.76. The van der Waals surface area contributed by atoms with E-state index < -0.39 is 0 Å². The second-order valence-corrected chi connectivity index (χ2v) is 6.67. The van der Waals surface area contributed by atoms with Crippen molar-refractivity contribution in [1.29, 1.82) is 0 Å². The van der Waals surface area contributed by atoms with Crippen molar-refractivity contribution in [1.82, 2.24) is 4.90 Å². The molecule has 2 N–H and O–H groups in total. The van der Waals surface area contributed by atoms with E-state index >= 15 is 0 Å². The second kappa shape index (κ2) is 6.77. The molecule has 21 heavy (non-hydrogen) atoms. The predicted octanol–water partition coefficient (Wildman–Crippen LogP) is 3.88. The standard InChI is InChI=1S/C17H21BrN2O/c18-15-5-3-14(4-6-15)17-8-7-16(21-17)12-20-9-1-2-13(10-19)11-20/h3-8,13H,1-2,9-12,19H2. The Morgan fingerprint density at radius 2 is 2.00 bits per heavy atom. The molecule has 2 aromatic rings. The molecule has 112 valence electrons. The minimum atomic E-state index is 0.639. The van der Waals surface area contributed by atoms with Crippen LogP contribution < -0.4 is 5.73 Å². The molecule has 1 aromatic carbocycles. The summed E-state index contributed by atoms with van der Waals surface area (Å²) in [5.41, 5.74) is 6.91. The van der Waals surface area contributed by atoms with Gasteiger partial charge in [-0.15, -0.1) is 0 Å². The summed E-state index contributed by atoms with van der Waals surface area (Å²) in [5, 5.41) is 0. The van der Waals surface area contributed by atoms with Crippen molar-refractivity contribution in [2.45, 2.75) is 19.4 Å². The quantitative estimate of drug-likeness (QED) is 0.911. The number of likely N-dealkylation sites (tertiary alicyclic amines) is 1. The summed E-state index contributed by atoms with van der Waals surface area (Å²) >= 11 is 3.45. The lowest BCUT2D eigenvalue weighted by Gasteiger charge is -2.31. The lowest BCUT2D eigenvalue weighted by Crippen LogP contribution is -2.37. The minimum Gasteiger partial charge on any atom is -0.460 e. The molecule has 0 aliphatic carbocycles. The van der Waals surface area contributed by atoms with Gasteiger partial charge in [-0.3, -0.25) is 4.90 Å². The van der Waals surface area contributed by atoms with Crippen molar-refractivity contribution < 1.29 is 4.42 Å². The molecule has 0 bridgehead atoms. The van der Waals surface area contributed by atoms with Gasteiger partial charge in [-0.05, 0) is 56.1 Å². The smallest absolute Gasteiger partial charge is 0.134 e. The highest BCUT2D eigenvalue weighted by molar-refractivity contribution is 9.10. The molecule has 1 fully saturated rings. The zero-order valence-electron chi connectivity index (χ0n) is 12.1. The highest BCUT2D eigenvalue weighted by atomic mass is 79.9. The van der Waals surface area contributed by atoms with Crippen LogP contribution >= 0.6 is 15.9 Å². The Bertz CT molecular complexity index is 579. The van der Waals surface area contributed by atoms with Gasteiger partial charge in [-0.2, -0.15) is 0 Å². The SMILES string of the molecule is NCC1CCCN(Cc2ccc(-c3ccc(Br)cc3)o2)C1. The maximum atomic E-state index is 5.99. The summed E-state index contributed by atoms with van der Waals surface area (Å²) in [6.07, 6.45) is 2.50. The van der Waals surface area contributed by atoms with Crippen LogP contribution in [0.4, 0.5) is 0 Å². The van der Waals surface area contributed by atoms with Gasteiger partial charge in [0, 0.05) is 16.6 Å². The normalized spacial score (nSPS) is 19.8. The van der Waals surface area contributed by atoms with Crippen molar-refractivity contribution in [3.8, 4) is 11.3 Å². The van der Waals surface area contributed by atoms with Crippen molar-refractivity contribution in [2.75, 3.05) is 19.6 Å². The number of benzene rings is 1. The van der Waals surface area contributed by atoms with E-state index in [-0.39, 0.29) is 0 Å². The first-order chi connectivity index (χ1) is 10.2. The Kier molecular flexibility index (Phi) is 4.78. The van der Waals surface area contributed by atoms with Crippen molar-refractivity contribution in [2.24, 2.45) is 11.7 Å². The lowest BCUT2D eigenvalue weighted by atomic mass is 9.98. The molecule has 1 saturated heterocycles. The first-order valence-electron chi connectivity index (χ1n) is 7.51. The van der Waals surface area contributed by atoms with E-state index in [2.05, 4.69) is 45.1 Å². The number of furan rings is 1. The van der Waals surface area contributed by atoms with Crippen LogP contribution in [0, 0.1) is 5.92 Å². The summed E-state index contributed by atoms with van der Waals surface area (Å²) in [4.78, 5) is 2.45. The molecule has 1 unspecified atom stereocenters. The van der Waals surface area contributed by atoms with E-state index in [9.17, 15) is 0 Å². The van der Waals surface area contributed by atoms with Crippen LogP contribution in [0.3, 0.4) is 0 Å². The number of halogens is 1. The largest absolute Gasteiger partial charge is 0.460 e. The highest BCUT2D eigenvalue weighted by Gasteiger charge is 2.19. The van der Waals surface area contributed by atoms with E-state index in [1.165, 1.54) is 12.8 Å². The van der Waals surface area contributed by atoms with Crippen LogP contribution in [0.25, 0.3) is 11.3 Å². The van der Waals surface area contributed by atoms with E-state index in [0.29, 0.717) is 5.92 Å². The van der Waals surface area contributed by atoms with Gasteiger partial charge in [0.2, 0.25) is 0 Å². The van der Waals surface area contributed by atoms with E-state index in [0.717, 1.165) is 47.7 Å². The fraction of sp³-hybridized carbons (Fsp3) is 0.412.